The van der Waals surface area contributed by atoms with Gasteiger partial charge in [0.05, 0.1) is 0 Å². The first-order valence-corrected chi connectivity index (χ1v) is 7.01. The summed E-state index contributed by atoms with van der Waals surface area (Å²) in [5, 5.41) is 3.11. The van der Waals surface area contributed by atoms with Crippen LogP contribution in [0.1, 0.15) is 45.4 Å². The Morgan fingerprint density at radius 1 is 1.05 bits per heavy atom. The maximum absolute atomic E-state index is 13.1. The fourth-order valence-corrected chi connectivity index (χ4v) is 2.88. The minimum absolute atomic E-state index is 0.234. The van der Waals surface area contributed by atoms with Crippen molar-refractivity contribution in [3.63, 3.8) is 0 Å². The van der Waals surface area contributed by atoms with Gasteiger partial charge in [0.1, 0.15) is 0 Å². The average Bonchev–Trinajstić information content (AvgIpc) is 2.38. The first-order chi connectivity index (χ1) is 9.10. The number of halogens is 3. The molecule has 1 aliphatic carbocycles. The van der Waals surface area contributed by atoms with E-state index in [1.165, 1.54) is 12.8 Å². The summed E-state index contributed by atoms with van der Waals surface area (Å²) >= 11 is 0. The van der Waals surface area contributed by atoms with E-state index < -0.39 is 17.5 Å². The van der Waals surface area contributed by atoms with Crippen LogP contribution in [0.15, 0.2) is 12.1 Å². The van der Waals surface area contributed by atoms with Crippen molar-refractivity contribution in [3.05, 3.63) is 29.6 Å². The number of benzene rings is 1. The zero-order valence-corrected chi connectivity index (χ0v) is 11.2. The average molecular weight is 271 g/mol. The minimum atomic E-state index is -1.41. The Labute approximate surface area is 112 Å². The van der Waals surface area contributed by atoms with Gasteiger partial charge >= 0.3 is 0 Å². The van der Waals surface area contributed by atoms with E-state index in [4.69, 9.17) is 0 Å². The highest BCUT2D eigenvalue weighted by atomic mass is 19.2. The molecular formula is C15H20F3N. The van der Waals surface area contributed by atoms with E-state index >= 15 is 0 Å². The van der Waals surface area contributed by atoms with Gasteiger partial charge in [-0.15, -0.1) is 0 Å². The predicted octanol–water partition coefficient (Wildman–Crippen LogP) is 4.87. The van der Waals surface area contributed by atoms with E-state index in [1.807, 2.05) is 0 Å². The summed E-state index contributed by atoms with van der Waals surface area (Å²) < 4.78 is 39.1. The second kappa shape index (κ2) is 6.31. The quantitative estimate of drug-likeness (QED) is 0.770. The summed E-state index contributed by atoms with van der Waals surface area (Å²) in [5.41, 5.74) is 0.329. The van der Waals surface area contributed by atoms with E-state index in [-0.39, 0.29) is 6.04 Å². The second-order valence-electron chi connectivity index (χ2n) is 5.40. The van der Waals surface area contributed by atoms with Crippen molar-refractivity contribution in [1.82, 2.24) is 0 Å². The molecule has 1 fully saturated rings. The largest absolute Gasteiger partial charge is 0.382 e. The van der Waals surface area contributed by atoms with E-state index in [1.54, 1.807) is 0 Å². The highest BCUT2D eigenvalue weighted by Gasteiger charge is 2.21. The normalized spacial score (nSPS) is 23.4. The molecule has 2 rings (SSSR count). The fraction of sp³-hybridized carbons (Fsp3) is 0.600. The van der Waals surface area contributed by atoms with Crippen LogP contribution in [0.3, 0.4) is 0 Å². The van der Waals surface area contributed by atoms with Gasteiger partial charge in [-0.1, -0.05) is 19.8 Å². The molecule has 0 bridgehead atoms. The topological polar surface area (TPSA) is 12.0 Å². The minimum Gasteiger partial charge on any atom is -0.382 e. The monoisotopic (exact) mass is 271 g/mol. The van der Waals surface area contributed by atoms with Gasteiger partial charge in [0.25, 0.3) is 0 Å². The molecular weight excluding hydrogens is 251 g/mol. The summed E-state index contributed by atoms with van der Waals surface area (Å²) in [7, 11) is 0. The third-order valence-corrected chi connectivity index (χ3v) is 3.90. The summed E-state index contributed by atoms with van der Waals surface area (Å²) in [4.78, 5) is 0. The first kappa shape index (κ1) is 14.2. The summed E-state index contributed by atoms with van der Waals surface area (Å²) in [5.74, 6) is -2.90. The van der Waals surface area contributed by atoms with Crippen LogP contribution in [-0.4, -0.2) is 6.04 Å². The van der Waals surface area contributed by atoms with Crippen molar-refractivity contribution < 1.29 is 13.2 Å². The van der Waals surface area contributed by atoms with Gasteiger partial charge in [0, 0.05) is 23.9 Å². The number of hydrogen-bond donors (Lipinski definition) is 1. The number of rotatable bonds is 4. The summed E-state index contributed by atoms with van der Waals surface area (Å²) in [6, 6.07) is 2.28. The smallest absolute Gasteiger partial charge is 0.194 e. The molecule has 1 aliphatic rings. The standard InChI is InChI=1S/C15H20F3N/c1-2-3-10-4-6-11(7-5-10)19-12-8-13(16)15(18)14(17)9-12/h8-11,19H,2-7H2,1H3. The second-order valence-corrected chi connectivity index (χ2v) is 5.40. The van der Waals surface area contributed by atoms with Crippen LogP contribution in [0.25, 0.3) is 0 Å². The van der Waals surface area contributed by atoms with Gasteiger partial charge in [-0.3, -0.25) is 0 Å². The molecule has 1 aromatic carbocycles. The third kappa shape index (κ3) is 3.64. The van der Waals surface area contributed by atoms with Crippen LogP contribution < -0.4 is 5.32 Å². The van der Waals surface area contributed by atoms with Crippen molar-refractivity contribution in [1.29, 1.82) is 0 Å². The van der Waals surface area contributed by atoms with Gasteiger partial charge in [-0.25, -0.2) is 13.2 Å². The first-order valence-electron chi connectivity index (χ1n) is 7.01. The molecule has 106 valence electrons. The molecule has 0 spiro atoms. The van der Waals surface area contributed by atoms with E-state index in [9.17, 15) is 13.2 Å². The highest BCUT2D eigenvalue weighted by molar-refractivity contribution is 5.45. The van der Waals surface area contributed by atoms with Gasteiger partial charge in [0.2, 0.25) is 0 Å². The molecule has 19 heavy (non-hydrogen) atoms. The summed E-state index contributed by atoms with van der Waals surface area (Å²) in [6.45, 7) is 2.19. The maximum atomic E-state index is 13.1. The molecule has 1 saturated carbocycles. The Balaban J connectivity index is 1.92. The van der Waals surface area contributed by atoms with Crippen LogP contribution >= 0.6 is 0 Å². The lowest BCUT2D eigenvalue weighted by molar-refractivity contribution is 0.318. The van der Waals surface area contributed by atoms with E-state index in [0.717, 1.165) is 43.7 Å². The van der Waals surface area contributed by atoms with Gasteiger partial charge in [-0.2, -0.15) is 0 Å². The Hall–Kier alpha value is -1.19. The lowest BCUT2D eigenvalue weighted by Gasteiger charge is -2.29. The highest BCUT2D eigenvalue weighted by Crippen LogP contribution is 2.30. The molecule has 1 nitrogen and oxygen atoms in total. The molecule has 0 radical (unpaired) electrons. The van der Waals surface area contributed by atoms with Gasteiger partial charge in [0.15, 0.2) is 17.5 Å². The lowest BCUT2D eigenvalue weighted by atomic mass is 9.83. The van der Waals surface area contributed by atoms with Crippen molar-refractivity contribution in [2.45, 2.75) is 51.5 Å². The van der Waals surface area contributed by atoms with Crippen molar-refractivity contribution in [2.75, 3.05) is 5.32 Å². The molecule has 0 saturated heterocycles. The van der Waals surface area contributed by atoms with Gasteiger partial charge < -0.3 is 5.32 Å². The molecule has 0 aliphatic heterocycles. The number of nitrogens with one attached hydrogen (secondary N) is 1. The zero-order valence-electron chi connectivity index (χ0n) is 11.2. The molecule has 0 unspecified atom stereocenters. The number of anilines is 1. The third-order valence-electron chi connectivity index (χ3n) is 3.90. The molecule has 0 atom stereocenters. The van der Waals surface area contributed by atoms with E-state index in [2.05, 4.69) is 12.2 Å². The van der Waals surface area contributed by atoms with Crippen LogP contribution in [0.5, 0.6) is 0 Å². The fourth-order valence-electron chi connectivity index (χ4n) is 2.88. The van der Waals surface area contributed by atoms with Crippen molar-refractivity contribution in [3.8, 4) is 0 Å². The lowest BCUT2D eigenvalue weighted by Crippen LogP contribution is -2.26. The van der Waals surface area contributed by atoms with Crippen LogP contribution in [0.2, 0.25) is 0 Å². The Kier molecular flexibility index (Phi) is 4.72. The Morgan fingerprint density at radius 2 is 1.63 bits per heavy atom. The molecule has 0 heterocycles. The predicted molar refractivity (Wildman–Crippen MR) is 70.6 cm³/mol. The van der Waals surface area contributed by atoms with Crippen LogP contribution in [0, 0.1) is 23.4 Å². The zero-order chi connectivity index (χ0) is 13.8. The van der Waals surface area contributed by atoms with Crippen LogP contribution in [0.4, 0.5) is 18.9 Å². The molecule has 0 amide bonds. The van der Waals surface area contributed by atoms with E-state index in [0.29, 0.717) is 5.69 Å². The van der Waals surface area contributed by atoms with Crippen molar-refractivity contribution >= 4 is 5.69 Å². The van der Waals surface area contributed by atoms with Crippen LogP contribution in [-0.2, 0) is 0 Å². The molecule has 1 aromatic rings. The maximum Gasteiger partial charge on any atom is 0.194 e. The summed E-state index contributed by atoms with van der Waals surface area (Å²) in [6.07, 6.45) is 6.77. The molecule has 0 aromatic heterocycles. The Morgan fingerprint density at radius 3 is 2.16 bits per heavy atom. The number of hydrogen-bond acceptors (Lipinski definition) is 1. The van der Waals surface area contributed by atoms with Crippen molar-refractivity contribution in [2.24, 2.45) is 5.92 Å². The van der Waals surface area contributed by atoms with Gasteiger partial charge in [-0.05, 0) is 31.6 Å². The Bertz CT molecular complexity index is 402. The molecule has 4 heteroatoms. The SMILES string of the molecule is CCCC1CCC(Nc2cc(F)c(F)c(F)c2)CC1. The molecule has 1 N–H and O–H groups in total.